The minimum absolute atomic E-state index is 0.0411. The molecular weight excluding hydrogens is 325 g/mol. The van der Waals surface area contributed by atoms with E-state index in [0.29, 0.717) is 21.7 Å². The topological polar surface area (TPSA) is 55.2 Å². The third-order valence-corrected chi connectivity index (χ3v) is 3.34. The molecular formula is C13H8Cl2F2N2O2. The Bertz CT molecular complexity index is 711. The van der Waals surface area contributed by atoms with Gasteiger partial charge in [-0.25, -0.2) is 8.78 Å². The van der Waals surface area contributed by atoms with Crippen molar-refractivity contribution in [3.05, 3.63) is 67.7 Å². The molecule has 2 aromatic rings. The third kappa shape index (κ3) is 3.40. The molecule has 2 aromatic carbocycles. The normalized spacial score (nSPS) is 10.5. The highest BCUT2D eigenvalue weighted by molar-refractivity contribution is 6.33. The highest BCUT2D eigenvalue weighted by Crippen LogP contribution is 2.30. The monoisotopic (exact) mass is 332 g/mol. The van der Waals surface area contributed by atoms with Crippen LogP contribution in [0.4, 0.5) is 20.2 Å². The number of hydrogen-bond acceptors (Lipinski definition) is 3. The highest BCUT2D eigenvalue weighted by atomic mass is 35.5. The predicted molar refractivity (Wildman–Crippen MR) is 76.8 cm³/mol. The van der Waals surface area contributed by atoms with Crippen LogP contribution in [0.15, 0.2) is 30.3 Å². The lowest BCUT2D eigenvalue weighted by Gasteiger charge is -2.10. The molecule has 2 rings (SSSR count). The molecule has 0 aliphatic rings. The van der Waals surface area contributed by atoms with Gasteiger partial charge in [0.2, 0.25) is 0 Å². The van der Waals surface area contributed by atoms with Gasteiger partial charge in [-0.3, -0.25) is 10.1 Å². The Morgan fingerprint density at radius 2 is 1.90 bits per heavy atom. The summed E-state index contributed by atoms with van der Waals surface area (Å²) >= 11 is 11.7. The number of hydrogen-bond donors (Lipinski definition) is 1. The molecule has 0 amide bonds. The van der Waals surface area contributed by atoms with Gasteiger partial charge in [0.1, 0.15) is 0 Å². The molecule has 0 aliphatic heterocycles. The molecule has 0 atom stereocenters. The van der Waals surface area contributed by atoms with Crippen LogP contribution in [0, 0.1) is 21.7 Å². The number of anilines is 1. The minimum Gasteiger partial charge on any atom is -0.373 e. The van der Waals surface area contributed by atoms with Crippen molar-refractivity contribution in [3.63, 3.8) is 0 Å². The number of nitrogens with one attached hydrogen (secondary N) is 1. The maximum atomic E-state index is 13.7. The first-order valence-corrected chi connectivity index (χ1v) is 6.46. The summed E-state index contributed by atoms with van der Waals surface area (Å²) in [4.78, 5) is 10.0. The van der Waals surface area contributed by atoms with Gasteiger partial charge in [0.05, 0.1) is 4.92 Å². The zero-order valence-corrected chi connectivity index (χ0v) is 11.9. The fraction of sp³-hybridized carbons (Fsp3) is 0.0769. The Balaban J connectivity index is 2.33. The lowest BCUT2D eigenvalue weighted by molar-refractivity contribution is -0.384. The van der Waals surface area contributed by atoms with E-state index < -0.39 is 27.9 Å². The van der Waals surface area contributed by atoms with Gasteiger partial charge in [0, 0.05) is 22.7 Å². The summed E-state index contributed by atoms with van der Waals surface area (Å²) in [5, 5.41) is 14.1. The van der Waals surface area contributed by atoms with Crippen LogP contribution in [-0.2, 0) is 6.54 Å². The van der Waals surface area contributed by atoms with Gasteiger partial charge >= 0.3 is 0 Å². The number of nitro groups is 1. The van der Waals surface area contributed by atoms with Gasteiger partial charge in [0.25, 0.3) is 5.69 Å². The molecule has 8 heteroatoms. The minimum atomic E-state index is -1.32. The highest BCUT2D eigenvalue weighted by Gasteiger charge is 2.21. The van der Waals surface area contributed by atoms with E-state index in [1.807, 2.05) is 0 Å². The Hall–Kier alpha value is -1.92. The van der Waals surface area contributed by atoms with E-state index in [0.717, 1.165) is 6.07 Å². The van der Waals surface area contributed by atoms with Crippen LogP contribution in [0.2, 0.25) is 10.0 Å². The number of halogens is 4. The second-order valence-electron chi connectivity index (χ2n) is 4.10. The van der Waals surface area contributed by atoms with Crippen molar-refractivity contribution in [2.45, 2.75) is 6.54 Å². The van der Waals surface area contributed by atoms with Crippen molar-refractivity contribution in [3.8, 4) is 0 Å². The lowest BCUT2D eigenvalue weighted by atomic mass is 10.2. The number of nitrogens with zero attached hydrogens (tertiary/aromatic N) is 1. The summed E-state index contributed by atoms with van der Waals surface area (Å²) in [6.45, 7) is -0.0411. The van der Waals surface area contributed by atoms with Crippen LogP contribution in [0.25, 0.3) is 0 Å². The lowest BCUT2D eigenvalue weighted by Crippen LogP contribution is -2.06. The Kier molecular flexibility index (Phi) is 4.59. The molecule has 0 aromatic heterocycles. The Morgan fingerprint density at radius 1 is 1.19 bits per heavy atom. The van der Waals surface area contributed by atoms with Gasteiger partial charge in [-0.05, 0) is 29.8 Å². The maximum Gasteiger partial charge on any atom is 0.295 e. The van der Waals surface area contributed by atoms with Crippen LogP contribution in [0.5, 0.6) is 0 Å². The van der Waals surface area contributed by atoms with Crippen LogP contribution < -0.4 is 5.32 Å². The first-order chi connectivity index (χ1) is 9.90. The van der Waals surface area contributed by atoms with Crippen molar-refractivity contribution >= 4 is 34.6 Å². The molecule has 0 radical (unpaired) electrons. The molecule has 0 aliphatic carbocycles. The van der Waals surface area contributed by atoms with E-state index in [1.165, 1.54) is 12.1 Å². The standard InChI is InChI=1S/C13H8Cl2F2N2O2/c14-8-1-2-9(15)7(5-8)6-18-13-11(19(20)21)4-3-10(16)12(13)17/h1-5,18H,6H2. The summed E-state index contributed by atoms with van der Waals surface area (Å²) in [6.07, 6.45) is 0. The van der Waals surface area contributed by atoms with Crippen molar-refractivity contribution in [2.24, 2.45) is 0 Å². The summed E-state index contributed by atoms with van der Waals surface area (Å²) in [5.41, 5.74) is -0.592. The number of rotatable bonds is 4. The number of nitro benzene ring substituents is 1. The molecule has 0 saturated heterocycles. The van der Waals surface area contributed by atoms with Gasteiger partial charge in [-0.2, -0.15) is 0 Å². The summed E-state index contributed by atoms with van der Waals surface area (Å²) in [5.74, 6) is -2.50. The SMILES string of the molecule is O=[N+]([O-])c1ccc(F)c(F)c1NCc1cc(Cl)ccc1Cl. The smallest absolute Gasteiger partial charge is 0.295 e. The second-order valence-corrected chi connectivity index (χ2v) is 4.95. The van der Waals surface area contributed by atoms with Crippen LogP contribution >= 0.6 is 23.2 Å². The van der Waals surface area contributed by atoms with Crippen LogP contribution in [-0.4, -0.2) is 4.92 Å². The second kappa shape index (κ2) is 6.24. The van der Waals surface area contributed by atoms with Crippen molar-refractivity contribution < 1.29 is 13.7 Å². The molecule has 0 fully saturated rings. The summed E-state index contributed by atoms with van der Waals surface area (Å²) in [7, 11) is 0. The fourth-order valence-corrected chi connectivity index (χ4v) is 2.10. The molecule has 0 saturated carbocycles. The molecule has 21 heavy (non-hydrogen) atoms. The molecule has 4 nitrogen and oxygen atoms in total. The molecule has 0 unspecified atom stereocenters. The molecule has 0 heterocycles. The largest absolute Gasteiger partial charge is 0.373 e. The van der Waals surface area contributed by atoms with E-state index in [2.05, 4.69) is 5.32 Å². The van der Waals surface area contributed by atoms with Crippen LogP contribution in [0.3, 0.4) is 0 Å². The van der Waals surface area contributed by atoms with E-state index in [-0.39, 0.29) is 6.54 Å². The number of benzene rings is 2. The van der Waals surface area contributed by atoms with Gasteiger partial charge < -0.3 is 5.32 Å². The Labute approximate surface area is 128 Å². The van der Waals surface area contributed by atoms with Gasteiger partial charge in [-0.15, -0.1) is 0 Å². The molecule has 0 bridgehead atoms. The van der Waals surface area contributed by atoms with E-state index in [9.17, 15) is 18.9 Å². The van der Waals surface area contributed by atoms with E-state index in [4.69, 9.17) is 23.2 Å². The summed E-state index contributed by atoms with van der Waals surface area (Å²) < 4.78 is 26.9. The van der Waals surface area contributed by atoms with E-state index in [1.54, 1.807) is 6.07 Å². The quantitative estimate of drug-likeness (QED) is 0.646. The van der Waals surface area contributed by atoms with Crippen molar-refractivity contribution in [2.75, 3.05) is 5.32 Å². The van der Waals surface area contributed by atoms with Crippen molar-refractivity contribution in [1.29, 1.82) is 0 Å². The van der Waals surface area contributed by atoms with Crippen LogP contribution in [0.1, 0.15) is 5.56 Å². The first-order valence-electron chi connectivity index (χ1n) is 5.70. The van der Waals surface area contributed by atoms with Gasteiger partial charge in [-0.1, -0.05) is 23.2 Å². The fourth-order valence-electron chi connectivity index (χ4n) is 1.72. The summed E-state index contributed by atoms with van der Waals surface area (Å²) in [6, 6.07) is 6.22. The van der Waals surface area contributed by atoms with E-state index >= 15 is 0 Å². The molecule has 1 N–H and O–H groups in total. The third-order valence-electron chi connectivity index (χ3n) is 2.73. The molecule has 110 valence electrons. The van der Waals surface area contributed by atoms with Crippen molar-refractivity contribution in [1.82, 2.24) is 0 Å². The average molecular weight is 333 g/mol. The first kappa shape index (κ1) is 15.5. The maximum absolute atomic E-state index is 13.7. The van der Waals surface area contributed by atoms with Gasteiger partial charge in [0.15, 0.2) is 17.3 Å². The molecule has 0 spiro atoms. The zero-order valence-electron chi connectivity index (χ0n) is 10.4. The zero-order chi connectivity index (χ0) is 15.6. The predicted octanol–water partition coefficient (Wildman–Crippen LogP) is 4.79. The Morgan fingerprint density at radius 3 is 2.57 bits per heavy atom. The average Bonchev–Trinajstić information content (AvgIpc) is 2.43.